The minimum atomic E-state index is -3.70. The number of hydrogen-bond acceptors (Lipinski definition) is 4. The Bertz CT molecular complexity index is 670. The molecule has 8 heteroatoms. The van der Waals surface area contributed by atoms with E-state index >= 15 is 0 Å². The molecule has 1 amide bonds. The van der Waals surface area contributed by atoms with Gasteiger partial charge in [-0.25, -0.2) is 8.42 Å². The first kappa shape index (κ1) is 18.0. The number of sulfonamides is 1. The van der Waals surface area contributed by atoms with Crippen LogP contribution in [0, 0.1) is 5.92 Å². The van der Waals surface area contributed by atoms with Crippen molar-refractivity contribution in [1.82, 2.24) is 9.62 Å². The van der Waals surface area contributed by atoms with Crippen molar-refractivity contribution in [3.63, 3.8) is 0 Å². The maximum absolute atomic E-state index is 12.9. The second-order valence-electron chi connectivity index (χ2n) is 5.32. The van der Waals surface area contributed by atoms with Crippen molar-refractivity contribution in [3.8, 4) is 5.75 Å². The first-order chi connectivity index (χ1) is 10.9. The Morgan fingerprint density at radius 3 is 2.61 bits per heavy atom. The fourth-order valence-corrected chi connectivity index (χ4v) is 4.52. The molecule has 0 spiro atoms. The number of carbonyl (C=O) groups is 1. The molecule has 1 aliphatic heterocycles. The SMILES string of the molecule is CCOc1ccc(Cl)cc1S(=O)(=O)N1CCC(C(=O)NC)CC1. The second kappa shape index (κ2) is 7.51. The lowest BCUT2D eigenvalue weighted by molar-refractivity contribution is -0.125. The van der Waals surface area contributed by atoms with Crippen molar-refractivity contribution < 1.29 is 17.9 Å². The van der Waals surface area contributed by atoms with Gasteiger partial charge >= 0.3 is 0 Å². The van der Waals surface area contributed by atoms with Gasteiger partial charge in [0.05, 0.1) is 6.61 Å². The number of nitrogens with one attached hydrogen (secondary N) is 1. The highest BCUT2D eigenvalue weighted by molar-refractivity contribution is 7.89. The fourth-order valence-electron chi connectivity index (χ4n) is 2.66. The zero-order valence-corrected chi connectivity index (χ0v) is 14.8. The predicted molar refractivity (Wildman–Crippen MR) is 88.2 cm³/mol. The van der Waals surface area contributed by atoms with Crippen molar-refractivity contribution >= 4 is 27.5 Å². The van der Waals surface area contributed by atoms with Crippen LogP contribution in [-0.2, 0) is 14.8 Å². The summed E-state index contributed by atoms with van der Waals surface area (Å²) < 4.78 is 32.5. The molecule has 0 aromatic heterocycles. The number of halogens is 1. The summed E-state index contributed by atoms with van der Waals surface area (Å²) in [6, 6.07) is 4.58. The lowest BCUT2D eigenvalue weighted by Gasteiger charge is -2.30. The summed E-state index contributed by atoms with van der Waals surface area (Å²) in [6.07, 6.45) is 1.01. The van der Waals surface area contributed by atoms with Crippen molar-refractivity contribution in [2.24, 2.45) is 5.92 Å². The molecular formula is C15H21ClN2O4S. The van der Waals surface area contributed by atoms with Crippen LogP contribution in [0.25, 0.3) is 0 Å². The van der Waals surface area contributed by atoms with Gasteiger partial charge in [0.15, 0.2) is 0 Å². The van der Waals surface area contributed by atoms with E-state index in [2.05, 4.69) is 5.32 Å². The standard InChI is InChI=1S/C15H21ClN2O4S/c1-3-22-13-5-4-12(16)10-14(13)23(20,21)18-8-6-11(7-9-18)15(19)17-2/h4-5,10-11H,3,6-9H2,1-2H3,(H,17,19). The molecule has 1 aromatic rings. The molecule has 0 radical (unpaired) electrons. The summed E-state index contributed by atoms with van der Waals surface area (Å²) in [4.78, 5) is 11.7. The van der Waals surface area contributed by atoms with Crippen molar-refractivity contribution in [3.05, 3.63) is 23.2 Å². The summed E-state index contributed by atoms with van der Waals surface area (Å²) in [5.41, 5.74) is 0. The number of amides is 1. The average molecular weight is 361 g/mol. The molecular weight excluding hydrogens is 340 g/mol. The van der Waals surface area contributed by atoms with E-state index < -0.39 is 10.0 Å². The van der Waals surface area contributed by atoms with E-state index in [-0.39, 0.29) is 16.7 Å². The molecule has 1 heterocycles. The van der Waals surface area contributed by atoms with Crippen molar-refractivity contribution in [2.75, 3.05) is 26.7 Å². The van der Waals surface area contributed by atoms with Crippen LogP contribution in [0.1, 0.15) is 19.8 Å². The third kappa shape index (κ3) is 3.97. The second-order valence-corrected chi connectivity index (χ2v) is 7.66. The Hall–Kier alpha value is -1.31. The number of carbonyl (C=O) groups excluding carboxylic acids is 1. The lowest BCUT2D eigenvalue weighted by Crippen LogP contribution is -2.42. The zero-order chi connectivity index (χ0) is 17.0. The van der Waals surface area contributed by atoms with Crippen LogP contribution in [0.5, 0.6) is 5.75 Å². The van der Waals surface area contributed by atoms with E-state index in [0.717, 1.165) is 0 Å². The Morgan fingerprint density at radius 1 is 1.39 bits per heavy atom. The average Bonchev–Trinajstić information content (AvgIpc) is 2.56. The highest BCUT2D eigenvalue weighted by atomic mass is 35.5. The molecule has 6 nitrogen and oxygen atoms in total. The zero-order valence-electron chi connectivity index (χ0n) is 13.2. The van der Waals surface area contributed by atoms with Gasteiger partial charge in [-0.05, 0) is 38.0 Å². The Balaban J connectivity index is 2.23. The summed E-state index contributed by atoms with van der Waals surface area (Å²) in [7, 11) is -2.11. The molecule has 0 bridgehead atoms. The molecule has 0 aliphatic carbocycles. The minimum Gasteiger partial charge on any atom is -0.492 e. The quantitative estimate of drug-likeness (QED) is 0.870. The van der Waals surface area contributed by atoms with Gasteiger partial charge in [-0.15, -0.1) is 0 Å². The van der Waals surface area contributed by atoms with E-state index in [0.29, 0.717) is 43.3 Å². The minimum absolute atomic E-state index is 0.0418. The highest BCUT2D eigenvalue weighted by Crippen LogP contribution is 2.32. The number of benzene rings is 1. The van der Waals surface area contributed by atoms with E-state index in [9.17, 15) is 13.2 Å². The van der Waals surface area contributed by atoms with Crippen LogP contribution in [0.4, 0.5) is 0 Å². The van der Waals surface area contributed by atoms with Crippen molar-refractivity contribution in [2.45, 2.75) is 24.7 Å². The topological polar surface area (TPSA) is 75.7 Å². The number of rotatable bonds is 5. The van der Waals surface area contributed by atoms with Crippen molar-refractivity contribution in [1.29, 1.82) is 0 Å². The molecule has 1 aromatic carbocycles. The third-order valence-electron chi connectivity index (χ3n) is 3.89. The number of nitrogens with zero attached hydrogens (tertiary/aromatic N) is 1. The number of hydrogen-bond donors (Lipinski definition) is 1. The number of piperidine rings is 1. The molecule has 1 N–H and O–H groups in total. The van der Waals surface area contributed by atoms with E-state index in [1.54, 1.807) is 26.1 Å². The molecule has 0 unspecified atom stereocenters. The normalized spacial score (nSPS) is 17.0. The first-order valence-corrected chi connectivity index (χ1v) is 9.36. The predicted octanol–water partition coefficient (Wildman–Crippen LogP) is 1.89. The molecule has 1 saturated heterocycles. The van der Waals surface area contributed by atoms with Gasteiger partial charge in [0.2, 0.25) is 15.9 Å². The molecule has 1 fully saturated rings. The number of ether oxygens (including phenoxy) is 1. The van der Waals surface area contributed by atoms with E-state index in [1.807, 2.05) is 0 Å². The van der Waals surface area contributed by atoms with Gasteiger partial charge in [-0.2, -0.15) is 4.31 Å². The molecule has 128 valence electrons. The van der Waals surface area contributed by atoms with Crippen LogP contribution in [0.2, 0.25) is 5.02 Å². The maximum atomic E-state index is 12.9. The van der Waals surface area contributed by atoms with Gasteiger partial charge in [0.1, 0.15) is 10.6 Å². The maximum Gasteiger partial charge on any atom is 0.246 e. The third-order valence-corrected chi connectivity index (χ3v) is 6.05. The largest absolute Gasteiger partial charge is 0.492 e. The fraction of sp³-hybridized carbons (Fsp3) is 0.533. The first-order valence-electron chi connectivity index (χ1n) is 7.54. The Morgan fingerprint density at radius 2 is 2.04 bits per heavy atom. The molecule has 1 aliphatic rings. The summed E-state index contributed by atoms with van der Waals surface area (Å²) in [5.74, 6) is 0.113. The van der Waals surface area contributed by atoms with Gasteiger partial charge in [-0.3, -0.25) is 4.79 Å². The van der Waals surface area contributed by atoms with E-state index in [4.69, 9.17) is 16.3 Å². The van der Waals surface area contributed by atoms with Crippen LogP contribution in [0.3, 0.4) is 0 Å². The van der Waals surface area contributed by atoms with Crippen LogP contribution < -0.4 is 10.1 Å². The van der Waals surface area contributed by atoms with Gasteiger partial charge in [-0.1, -0.05) is 11.6 Å². The van der Waals surface area contributed by atoms with Crippen LogP contribution in [0.15, 0.2) is 23.1 Å². The summed E-state index contributed by atoms with van der Waals surface area (Å²) in [5, 5.41) is 2.95. The molecule has 0 saturated carbocycles. The lowest BCUT2D eigenvalue weighted by atomic mass is 9.97. The Kier molecular flexibility index (Phi) is 5.89. The molecule has 0 atom stereocenters. The van der Waals surface area contributed by atoms with E-state index in [1.165, 1.54) is 10.4 Å². The monoisotopic (exact) mass is 360 g/mol. The summed E-state index contributed by atoms with van der Waals surface area (Å²) >= 11 is 5.95. The highest BCUT2D eigenvalue weighted by Gasteiger charge is 2.33. The Labute approximate surface area is 141 Å². The molecule has 2 rings (SSSR count). The van der Waals surface area contributed by atoms with Crippen LogP contribution >= 0.6 is 11.6 Å². The van der Waals surface area contributed by atoms with Crippen LogP contribution in [-0.4, -0.2) is 45.4 Å². The van der Waals surface area contributed by atoms with Gasteiger partial charge in [0, 0.05) is 31.1 Å². The summed E-state index contributed by atoms with van der Waals surface area (Å²) in [6.45, 7) is 2.76. The van der Waals surface area contributed by atoms with Gasteiger partial charge < -0.3 is 10.1 Å². The van der Waals surface area contributed by atoms with Gasteiger partial charge in [0.25, 0.3) is 0 Å². The molecule has 23 heavy (non-hydrogen) atoms. The smallest absolute Gasteiger partial charge is 0.246 e.